The Morgan fingerprint density at radius 3 is 0.962 bits per heavy atom. The average molecular weight is 1100 g/mol. The quantitative estimate of drug-likeness (QED) is 0.0467. The average Bonchev–Trinajstić information content (AvgIpc) is 3.97. The van der Waals surface area contributed by atoms with E-state index in [1.54, 1.807) is 0 Å². The van der Waals surface area contributed by atoms with Crippen molar-refractivity contribution in [2.24, 2.45) is 0 Å². The summed E-state index contributed by atoms with van der Waals surface area (Å²) < 4.78 is 5.68. The van der Waals surface area contributed by atoms with Gasteiger partial charge >= 0.3 is 0 Å². The summed E-state index contributed by atoms with van der Waals surface area (Å²) in [7, 11) is 4.61. The molecule has 470 valence electrons. The van der Waals surface area contributed by atoms with E-state index in [4.69, 9.17) is 4.74 Å². The van der Waals surface area contributed by atoms with E-state index in [1.165, 1.54) is 380 Å². The zero-order valence-electron chi connectivity index (χ0n) is 55.5. The van der Waals surface area contributed by atoms with Crippen molar-refractivity contribution in [3.63, 3.8) is 0 Å². The molecular weight excluding hydrogens is 951 g/mol. The molecule has 6 heteroatoms. The largest absolute Gasteiger partial charge is 0.499 e. The number of nitrogens with zero attached hydrogens (tertiary/aromatic N) is 3. The molecule has 1 fully saturated rings. The standard InChI is InChI=1S/C29H61N.C24H49NO.C19H41N3/c1-4-6-8-10-12-14-16-18-20-22-24-26-28-30(3)29-27-25-23-21-19-17-15-13-11-9-7-5-2;1-5-7-9-10-11-12-13-14-17-21-25(4)22-18-15-16-20-24(3)26-23-19-8-6-2;1-2-3-4-5-6-7-8-9-10-11-12-13-14-20-15-17-22-18-16-21-19-22/h4-29H2,1-3H3;3,5-23H2,1-2,4H3;20-21H,2-19H2,1H3. The molecule has 0 aliphatic carbocycles. The molecule has 1 aliphatic heterocycles. The molecule has 0 spiro atoms. The highest BCUT2D eigenvalue weighted by Crippen LogP contribution is 2.16. The van der Waals surface area contributed by atoms with Crippen molar-refractivity contribution in [2.75, 3.05) is 86.3 Å². The number of hydrogen-bond donors (Lipinski definition) is 2. The highest BCUT2D eigenvalue weighted by atomic mass is 16.5. The molecule has 0 atom stereocenters. The lowest BCUT2D eigenvalue weighted by Crippen LogP contribution is -2.31. The summed E-state index contributed by atoms with van der Waals surface area (Å²) in [6.07, 6.45) is 73.4. The molecule has 78 heavy (non-hydrogen) atoms. The van der Waals surface area contributed by atoms with Crippen LogP contribution >= 0.6 is 0 Å². The highest BCUT2D eigenvalue weighted by Gasteiger charge is 2.09. The second-order valence-corrected chi connectivity index (χ2v) is 25.0. The second kappa shape index (κ2) is 72.4. The van der Waals surface area contributed by atoms with Crippen LogP contribution in [-0.4, -0.2) is 101 Å². The highest BCUT2D eigenvalue weighted by molar-refractivity contribution is 4.81. The zero-order chi connectivity index (χ0) is 57.0. The van der Waals surface area contributed by atoms with Gasteiger partial charge in [0.1, 0.15) is 0 Å². The van der Waals surface area contributed by atoms with E-state index in [0.29, 0.717) is 0 Å². The van der Waals surface area contributed by atoms with Gasteiger partial charge in [-0.25, -0.2) is 0 Å². The normalized spacial score (nSPS) is 12.6. The topological polar surface area (TPSA) is 43.0 Å². The van der Waals surface area contributed by atoms with Gasteiger partial charge in [-0.3, -0.25) is 4.90 Å². The first kappa shape index (κ1) is 79.4. The van der Waals surface area contributed by atoms with Crippen LogP contribution in [0.2, 0.25) is 0 Å². The maximum atomic E-state index is 5.68. The fourth-order valence-electron chi connectivity index (χ4n) is 11.1. The van der Waals surface area contributed by atoms with Crippen LogP contribution in [0.15, 0.2) is 12.3 Å². The summed E-state index contributed by atoms with van der Waals surface area (Å²) in [6.45, 7) is 28.5. The Morgan fingerprint density at radius 2 is 0.654 bits per heavy atom. The third kappa shape index (κ3) is 71.4. The Balaban J connectivity index is 0. The van der Waals surface area contributed by atoms with E-state index >= 15 is 0 Å². The smallest absolute Gasteiger partial charge is 0.0888 e. The number of hydrogen-bond acceptors (Lipinski definition) is 6. The number of ether oxygens (including phenoxy) is 1. The molecule has 1 heterocycles. The predicted molar refractivity (Wildman–Crippen MR) is 356 cm³/mol. The summed E-state index contributed by atoms with van der Waals surface area (Å²) in [6, 6.07) is 0. The van der Waals surface area contributed by atoms with Crippen LogP contribution in [0.5, 0.6) is 0 Å². The van der Waals surface area contributed by atoms with Gasteiger partial charge in [0.15, 0.2) is 0 Å². The predicted octanol–water partition coefficient (Wildman–Crippen LogP) is 22.2. The van der Waals surface area contributed by atoms with Crippen LogP contribution in [0, 0.1) is 0 Å². The Kier molecular flexibility index (Phi) is 73.7. The van der Waals surface area contributed by atoms with E-state index in [-0.39, 0.29) is 0 Å². The molecule has 1 aliphatic rings. The van der Waals surface area contributed by atoms with Gasteiger partial charge in [0.25, 0.3) is 0 Å². The number of nitrogens with one attached hydrogen (secondary N) is 2. The first-order chi connectivity index (χ1) is 38.4. The summed E-state index contributed by atoms with van der Waals surface area (Å²) in [4.78, 5) is 7.57. The molecule has 1 rings (SSSR count). The van der Waals surface area contributed by atoms with Crippen molar-refractivity contribution in [3.8, 4) is 0 Å². The molecule has 0 amide bonds. The van der Waals surface area contributed by atoms with Crippen LogP contribution in [0.3, 0.4) is 0 Å². The summed E-state index contributed by atoms with van der Waals surface area (Å²) in [5.74, 6) is 0.990. The van der Waals surface area contributed by atoms with Crippen molar-refractivity contribution >= 4 is 0 Å². The zero-order valence-corrected chi connectivity index (χ0v) is 55.5. The molecule has 0 unspecified atom stereocenters. The molecule has 0 saturated carbocycles. The third-order valence-electron chi connectivity index (χ3n) is 16.7. The number of rotatable bonds is 63. The van der Waals surface area contributed by atoms with Crippen molar-refractivity contribution in [2.45, 2.75) is 369 Å². The minimum absolute atomic E-state index is 0.855. The van der Waals surface area contributed by atoms with E-state index in [9.17, 15) is 0 Å². The van der Waals surface area contributed by atoms with E-state index in [2.05, 4.69) is 80.6 Å². The fourth-order valence-corrected chi connectivity index (χ4v) is 11.1. The number of unbranched alkanes of at least 4 members (excludes halogenated alkanes) is 45. The Labute approximate surface area is 494 Å². The second-order valence-electron chi connectivity index (χ2n) is 25.0. The van der Waals surface area contributed by atoms with Gasteiger partial charge in [0.05, 0.1) is 12.4 Å². The third-order valence-corrected chi connectivity index (χ3v) is 16.7. The fraction of sp³-hybridized carbons (Fsp3) is 0.972. The molecule has 0 aromatic rings. The van der Waals surface area contributed by atoms with Crippen LogP contribution in [0.4, 0.5) is 0 Å². The Morgan fingerprint density at radius 1 is 0.372 bits per heavy atom. The van der Waals surface area contributed by atoms with Crippen LogP contribution in [0.1, 0.15) is 369 Å². The van der Waals surface area contributed by atoms with Crippen molar-refractivity contribution in [1.82, 2.24) is 25.3 Å². The SMILES string of the molecule is C=C(CCCCCN(C)CCCCCCCCCCC)OCCCCC.CCCCCCCCCCCCCCN(C)CCCCCCCCCCCCCC.CCCCCCCCCCCCCCNCCN1CCNC1. The van der Waals surface area contributed by atoms with Gasteiger partial charge in [0, 0.05) is 39.3 Å². The van der Waals surface area contributed by atoms with Gasteiger partial charge < -0.3 is 25.2 Å². The molecule has 0 aromatic carbocycles. The van der Waals surface area contributed by atoms with E-state index in [0.717, 1.165) is 32.0 Å². The van der Waals surface area contributed by atoms with Crippen LogP contribution in [0.25, 0.3) is 0 Å². The molecule has 0 radical (unpaired) electrons. The van der Waals surface area contributed by atoms with Crippen LogP contribution in [-0.2, 0) is 4.74 Å². The van der Waals surface area contributed by atoms with Gasteiger partial charge in [-0.05, 0) is 91.8 Å². The molecule has 2 N–H and O–H groups in total. The monoisotopic (exact) mass is 1100 g/mol. The maximum absolute atomic E-state index is 5.68. The van der Waals surface area contributed by atoms with Gasteiger partial charge in [0.2, 0.25) is 0 Å². The summed E-state index contributed by atoms with van der Waals surface area (Å²) in [5, 5.41) is 6.95. The lowest BCUT2D eigenvalue weighted by Gasteiger charge is -2.16. The minimum atomic E-state index is 0.855. The lowest BCUT2D eigenvalue weighted by atomic mass is 10.0. The molecule has 6 nitrogen and oxygen atoms in total. The van der Waals surface area contributed by atoms with Crippen LogP contribution < -0.4 is 10.6 Å². The van der Waals surface area contributed by atoms with Gasteiger partial charge in [-0.1, -0.05) is 324 Å². The molecule has 0 aromatic heterocycles. The van der Waals surface area contributed by atoms with Crippen molar-refractivity contribution in [3.05, 3.63) is 12.3 Å². The Bertz CT molecular complexity index is 1020. The van der Waals surface area contributed by atoms with Gasteiger partial charge in [-0.2, -0.15) is 0 Å². The van der Waals surface area contributed by atoms with Gasteiger partial charge in [-0.15, -0.1) is 0 Å². The first-order valence-corrected chi connectivity index (χ1v) is 36.3. The molecule has 0 bridgehead atoms. The van der Waals surface area contributed by atoms with E-state index < -0.39 is 0 Å². The molecule has 1 saturated heterocycles. The minimum Gasteiger partial charge on any atom is -0.499 e. The summed E-state index contributed by atoms with van der Waals surface area (Å²) >= 11 is 0. The summed E-state index contributed by atoms with van der Waals surface area (Å²) in [5.41, 5.74) is 0. The Hall–Kier alpha value is -0.660. The van der Waals surface area contributed by atoms with E-state index in [1.807, 2.05) is 0 Å². The number of allylic oxidation sites excluding steroid dienone is 1. The van der Waals surface area contributed by atoms with Crippen molar-refractivity contribution < 1.29 is 4.74 Å². The van der Waals surface area contributed by atoms with Crippen molar-refractivity contribution in [1.29, 1.82) is 0 Å². The molecular formula is C72H151N5O. The maximum Gasteiger partial charge on any atom is 0.0888 e. The first-order valence-electron chi connectivity index (χ1n) is 36.3. The lowest BCUT2D eigenvalue weighted by molar-refractivity contribution is 0.195.